The number of nitrogens with one attached hydrogen (secondary N) is 1. The minimum Gasteiger partial charge on any atom is -1.00 e. The molecule has 1 rings (SSSR count). The maximum absolute atomic E-state index is 11.9. The quantitative estimate of drug-likeness (QED) is 0.459. The van der Waals surface area contributed by atoms with Gasteiger partial charge in [0.1, 0.15) is 5.69 Å². The molecule has 0 spiro atoms. The third kappa shape index (κ3) is 3.26. The first-order chi connectivity index (χ1) is 5.00. The van der Waals surface area contributed by atoms with Crippen molar-refractivity contribution in [2.75, 3.05) is 0 Å². The van der Waals surface area contributed by atoms with Crippen LogP contribution in [0.2, 0.25) is 0 Å². The first kappa shape index (κ1) is 12.2. The summed E-state index contributed by atoms with van der Waals surface area (Å²) in [6.45, 7) is 0. The molecule has 0 bridgehead atoms. The summed E-state index contributed by atoms with van der Waals surface area (Å²) >= 11 is 4.55. The first-order valence-corrected chi connectivity index (χ1v) is 3.17. The zero-order valence-corrected chi connectivity index (χ0v) is 9.09. The molecule has 0 aliphatic carbocycles. The van der Waals surface area contributed by atoms with E-state index in [0.29, 0.717) is 0 Å². The third-order valence-electron chi connectivity index (χ3n) is 1.08. The summed E-state index contributed by atoms with van der Waals surface area (Å²) in [6, 6.07) is 2.28. The first-order valence-electron chi connectivity index (χ1n) is 2.76. The summed E-state index contributed by atoms with van der Waals surface area (Å²) < 4.78 is 35.8. The normalized spacial score (nSPS) is 10.6. The van der Waals surface area contributed by atoms with Gasteiger partial charge in [-0.2, -0.15) is 13.2 Å². The van der Waals surface area contributed by atoms with Crippen molar-refractivity contribution in [2.24, 2.45) is 0 Å². The number of hydrogen-bond donors (Lipinski definition) is 1. The second-order valence-electron chi connectivity index (χ2n) is 1.94. The van der Waals surface area contributed by atoms with E-state index < -0.39 is 11.9 Å². The van der Waals surface area contributed by atoms with E-state index in [2.05, 4.69) is 17.2 Å². The second kappa shape index (κ2) is 4.41. The molecule has 0 aliphatic heterocycles. The summed E-state index contributed by atoms with van der Waals surface area (Å²) in [7, 11) is 0. The fraction of sp³-hybridized carbons (Fsp3) is 0.167. The number of rotatable bonds is 0. The van der Waals surface area contributed by atoms with Crippen LogP contribution >= 0.6 is 12.2 Å². The monoisotopic (exact) mass is 203 g/mol. The fourth-order valence-corrected chi connectivity index (χ4v) is 0.795. The van der Waals surface area contributed by atoms with Crippen LogP contribution in [0, 0.1) is 4.51 Å². The van der Waals surface area contributed by atoms with Crippen molar-refractivity contribution in [3.8, 4) is 0 Å². The van der Waals surface area contributed by atoms with Gasteiger partial charge in [0, 0.05) is 10.7 Å². The van der Waals surface area contributed by atoms with E-state index in [0.717, 1.165) is 6.07 Å². The predicted octanol–water partition coefficient (Wildman–Crippen LogP) is -0.121. The minimum atomic E-state index is -4.34. The minimum absolute atomic E-state index is 0. The van der Waals surface area contributed by atoms with E-state index in [1.807, 2.05) is 0 Å². The Morgan fingerprint density at radius 3 is 2.33 bits per heavy atom. The molecule has 6 heteroatoms. The van der Waals surface area contributed by atoms with Crippen LogP contribution in [0.25, 0.3) is 0 Å². The number of aromatic nitrogens is 1. The zero-order chi connectivity index (χ0) is 8.48. The largest absolute Gasteiger partial charge is 1.00 e. The summed E-state index contributed by atoms with van der Waals surface area (Å²) in [5, 5.41) is 0. The van der Waals surface area contributed by atoms with Gasteiger partial charge in [0.05, 0.1) is 0 Å². The Bertz CT molecular complexity index is 311. The van der Waals surface area contributed by atoms with Gasteiger partial charge in [0.25, 0.3) is 0 Å². The van der Waals surface area contributed by atoms with E-state index in [-0.39, 0.29) is 35.5 Å². The zero-order valence-electron chi connectivity index (χ0n) is 7.27. The Morgan fingerprint density at radius 2 is 2.00 bits per heavy atom. The van der Waals surface area contributed by atoms with E-state index >= 15 is 0 Å². The molecule has 62 valence electrons. The molecule has 1 N–H and O–H groups in total. The number of H-pyrrole nitrogens is 1. The van der Waals surface area contributed by atoms with E-state index in [9.17, 15) is 13.2 Å². The molecule has 0 unspecified atom stereocenters. The topological polar surface area (TPSA) is 15.8 Å². The van der Waals surface area contributed by atoms with Gasteiger partial charge in [0.15, 0.2) is 0 Å². The van der Waals surface area contributed by atoms with Gasteiger partial charge in [-0.3, -0.25) is 0 Å². The predicted molar refractivity (Wildman–Crippen MR) is 37.7 cm³/mol. The second-order valence-corrected chi connectivity index (χ2v) is 2.41. The molecular formula is C6H5F3NNaS. The number of aromatic amines is 1. The molecule has 0 amide bonds. The average molecular weight is 203 g/mol. The van der Waals surface area contributed by atoms with Crippen LogP contribution in [0.15, 0.2) is 18.3 Å². The summed E-state index contributed by atoms with van der Waals surface area (Å²) in [4.78, 5) is 2.06. The van der Waals surface area contributed by atoms with Crippen molar-refractivity contribution in [1.29, 1.82) is 0 Å². The average Bonchev–Trinajstić information content (AvgIpc) is 1.86. The number of alkyl halides is 3. The van der Waals surface area contributed by atoms with Crippen LogP contribution in [0.1, 0.15) is 7.12 Å². The van der Waals surface area contributed by atoms with E-state index in [1.54, 1.807) is 0 Å². The molecule has 0 saturated carbocycles. The Hall–Kier alpha value is 0.160. The molecule has 0 aliphatic rings. The molecule has 0 aromatic carbocycles. The van der Waals surface area contributed by atoms with Crippen LogP contribution in [-0.2, 0) is 6.18 Å². The van der Waals surface area contributed by atoms with Crippen molar-refractivity contribution in [2.45, 2.75) is 6.18 Å². The summed E-state index contributed by atoms with van der Waals surface area (Å²) in [5.74, 6) is 0. The number of hydrogen-bond acceptors (Lipinski definition) is 1. The smallest absolute Gasteiger partial charge is 1.00 e. The molecule has 0 fully saturated rings. The van der Waals surface area contributed by atoms with Gasteiger partial charge >= 0.3 is 35.7 Å². The van der Waals surface area contributed by atoms with Crippen molar-refractivity contribution >= 4 is 12.2 Å². The van der Waals surface area contributed by atoms with Gasteiger partial charge in [-0.05, 0) is 12.1 Å². The van der Waals surface area contributed by atoms with Crippen LogP contribution in [0.5, 0.6) is 0 Å². The molecular weight excluding hydrogens is 198 g/mol. The van der Waals surface area contributed by atoms with Crippen LogP contribution in [0.4, 0.5) is 13.2 Å². The Kier molecular flexibility index (Phi) is 4.47. The molecule has 0 saturated heterocycles. The molecule has 1 heterocycles. The van der Waals surface area contributed by atoms with Crippen molar-refractivity contribution in [3.05, 3.63) is 28.5 Å². The third-order valence-corrected chi connectivity index (χ3v) is 1.33. The molecule has 0 radical (unpaired) electrons. The standard InChI is InChI=1S/C6H4F3NS.Na.H/c7-6(8,9)5-3-4(11)1-2-10-5;;/h1-3H,(H,10,11);;/q;+1;-1. The Morgan fingerprint density at radius 1 is 1.42 bits per heavy atom. The SMILES string of the molecule is FC(F)(F)c1cc(=S)cc[nH]1.[H-].[Na+]. The van der Waals surface area contributed by atoms with E-state index in [4.69, 9.17) is 0 Å². The molecule has 1 aromatic rings. The summed E-state index contributed by atoms with van der Waals surface area (Å²) in [6.07, 6.45) is -3.17. The molecule has 12 heavy (non-hydrogen) atoms. The van der Waals surface area contributed by atoms with Crippen molar-refractivity contribution in [3.63, 3.8) is 0 Å². The Balaban J connectivity index is 0. The number of pyridine rings is 1. The van der Waals surface area contributed by atoms with Crippen LogP contribution in [-0.4, -0.2) is 4.98 Å². The number of halogens is 3. The fourth-order valence-electron chi connectivity index (χ4n) is 0.609. The summed E-state index contributed by atoms with van der Waals surface area (Å²) in [5.41, 5.74) is -0.815. The van der Waals surface area contributed by atoms with Crippen LogP contribution < -0.4 is 29.6 Å². The van der Waals surface area contributed by atoms with E-state index in [1.165, 1.54) is 12.3 Å². The van der Waals surface area contributed by atoms with Gasteiger partial charge < -0.3 is 6.41 Å². The van der Waals surface area contributed by atoms with Gasteiger partial charge in [0.2, 0.25) is 0 Å². The van der Waals surface area contributed by atoms with Gasteiger partial charge in [-0.1, -0.05) is 12.2 Å². The van der Waals surface area contributed by atoms with Gasteiger partial charge in [-0.25, -0.2) is 0 Å². The molecule has 1 nitrogen and oxygen atoms in total. The van der Waals surface area contributed by atoms with Crippen LogP contribution in [0.3, 0.4) is 0 Å². The molecule has 1 aromatic heterocycles. The maximum atomic E-state index is 11.9. The van der Waals surface area contributed by atoms with Crippen molar-refractivity contribution in [1.82, 2.24) is 4.98 Å². The van der Waals surface area contributed by atoms with Gasteiger partial charge in [-0.15, -0.1) is 0 Å². The Labute approximate surface area is 95.8 Å². The maximum Gasteiger partial charge on any atom is 1.00 e. The molecule has 0 atom stereocenters. The van der Waals surface area contributed by atoms with Crippen molar-refractivity contribution < 1.29 is 44.2 Å².